The maximum atomic E-state index is 5.64. The van der Waals surface area contributed by atoms with E-state index in [-0.39, 0.29) is 6.10 Å². The van der Waals surface area contributed by atoms with Gasteiger partial charge in [-0.05, 0) is 56.4 Å². The van der Waals surface area contributed by atoms with Gasteiger partial charge in [-0.25, -0.2) is 0 Å². The van der Waals surface area contributed by atoms with Gasteiger partial charge in [-0.2, -0.15) is 0 Å². The molecule has 0 aliphatic heterocycles. The fourth-order valence-electron chi connectivity index (χ4n) is 1.89. The number of hydrogen-bond acceptors (Lipinski definition) is 1. The topological polar surface area (TPSA) is 9.23 Å². The summed E-state index contributed by atoms with van der Waals surface area (Å²) in [5.41, 5.74) is 2.99. The minimum Gasteiger partial charge on any atom is -0.491 e. The second-order valence-electron chi connectivity index (χ2n) is 3.95. The molecule has 0 saturated heterocycles. The number of rotatable bonds is 2. The van der Waals surface area contributed by atoms with E-state index in [0.29, 0.717) is 0 Å². The third-order valence-corrected chi connectivity index (χ3v) is 2.44. The Balaban J connectivity index is 2.21. The molecule has 13 heavy (non-hydrogen) atoms. The van der Waals surface area contributed by atoms with Gasteiger partial charge in [0.1, 0.15) is 5.75 Å². The van der Waals surface area contributed by atoms with Crippen LogP contribution in [0.5, 0.6) is 5.75 Å². The Morgan fingerprint density at radius 1 is 1.15 bits per heavy atom. The Hall–Kier alpha value is -0.980. The van der Waals surface area contributed by atoms with Gasteiger partial charge in [0.05, 0.1) is 6.10 Å². The zero-order valence-electron chi connectivity index (χ0n) is 8.34. The number of fused-ring (bicyclic) bond motifs is 1. The van der Waals surface area contributed by atoms with E-state index >= 15 is 0 Å². The normalized spacial score (nSPS) is 14.7. The van der Waals surface area contributed by atoms with Crippen LogP contribution in [0.2, 0.25) is 0 Å². The van der Waals surface area contributed by atoms with Crippen LogP contribution in [-0.4, -0.2) is 6.10 Å². The Morgan fingerprint density at radius 3 is 2.69 bits per heavy atom. The quantitative estimate of drug-likeness (QED) is 0.673. The maximum absolute atomic E-state index is 5.64. The lowest BCUT2D eigenvalue weighted by Crippen LogP contribution is -2.05. The molecule has 70 valence electrons. The van der Waals surface area contributed by atoms with Crippen molar-refractivity contribution in [3.8, 4) is 5.75 Å². The fraction of sp³-hybridized carbons (Fsp3) is 0.500. The van der Waals surface area contributed by atoms with Gasteiger partial charge < -0.3 is 4.74 Å². The van der Waals surface area contributed by atoms with Crippen LogP contribution in [-0.2, 0) is 12.8 Å². The van der Waals surface area contributed by atoms with Crippen molar-refractivity contribution in [2.24, 2.45) is 0 Å². The molecule has 1 aromatic carbocycles. The third-order valence-electron chi connectivity index (χ3n) is 2.44. The average molecular weight is 176 g/mol. The molecule has 0 unspecified atom stereocenters. The van der Waals surface area contributed by atoms with Crippen LogP contribution in [0.4, 0.5) is 0 Å². The lowest BCUT2D eigenvalue weighted by molar-refractivity contribution is 0.242. The van der Waals surface area contributed by atoms with Crippen molar-refractivity contribution in [1.82, 2.24) is 0 Å². The predicted molar refractivity (Wildman–Crippen MR) is 54.2 cm³/mol. The van der Waals surface area contributed by atoms with Crippen LogP contribution < -0.4 is 4.74 Å². The molecule has 1 aliphatic rings. The van der Waals surface area contributed by atoms with Crippen molar-refractivity contribution in [3.63, 3.8) is 0 Å². The average Bonchev–Trinajstić information content (AvgIpc) is 2.49. The number of aryl methyl sites for hydroxylation is 2. The molecule has 1 heteroatoms. The molecule has 0 aromatic heterocycles. The molecule has 0 heterocycles. The van der Waals surface area contributed by atoms with Gasteiger partial charge in [0, 0.05) is 0 Å². The van der Waals surface area contributed by atoms with E-state index in [1.807, 2.05) is 0 Å². The first-order chi connectivity index (χ1) is 6.25. The maximum Gasteiger partial charge on any atom is 0.119 e. The highest BCUT2D eigenvalue weighted by molar-refractivity contribution is 5.38. The van der Waals surface area contributed by atoms with Gasteiger partial charge in [-0.15, -0.1) is 0 Å². The highest BCUT2D eigenvalue weighted by Crippen LogP contribution is 2.26. The second kappa shape index (κ2) is 3.41. The van der Waals surface area contributed by atoms with Crippen molar-refractivity contribution in [3.05, 3.63) is 29.3 Å². The van der Waals surface area contributed by atoms with E-state index in [1.165, 1.54) is 30.4 Å². The Kier molecular flexibility index (Phi) is 2.26. The Morgan fingerprint density at radius 2 is 1.92 bits per heavy atom. The molecule has 1 aromatic rings. The van der Waals surface area contributed by atoms with E-state index in [9.17, 15) is 0 Å². The smallest absolute Gasteiger partial charge is 0.119 e. The Bertz CT molecular complexity index is 302. The van der Waals surface area contributed by atoms with Crippen LogP contribution >= 0.6 is 0 Å². The van der Waals surface area contributed by atoms with Gasteiger partial charge in [0.25, 0.3) is 0 Å². The van der Waals surface area contributed by atoms with Gasteiger partial charge in [-0.3, -0.25) is 0 Å². The molecule has 0 spiro atoms. The molecule has 0 amide bonds. The predicted octanol–water partition coefficient (Wildman–Crippen LogP) is 2.96. The van der Waals surface area contributed by atoms with Gasteiger partial charge >= 0.3 is 0 Å². The first-order valence-corrected chi connectivity index (χ1v) is 5.04. The molecule has 1 aliphatic carbocycles. The largest absolute Gasteiger partial charge is 0.491 e. The molecule has 0 radical (unpaired) electrons. The summed E-state index contributed by atoms with van der Waals surface area (Å²) in [6, 6.07) is 6.49. The Labute approximate surface area is 79.7 Å². The highest BCUT2D eigenvalue weighted by atomic mass is 16.5. The molecule has 0 N–H and O–H groups in total. The van der Waals surface area contributed by atoms with Gasteiger partial charge in [0.2, 0.25) is 0 Å². The zero-order chi connectivity index (χ0) is 9.26. The number of benzene rings is 1. The van der Waals surface area contributed by atoms with Crippen molar-refractivity contribution < 1.29 is 4.74 Å². The molecule has 1 nitrogen and oxygen atoms in total. The molecule has 2 rings (SSSR count). The lowest BCUT2D eigenvalue weighted by Gasteiger charge is -2.10. The summed E-state index contributed by atoms with van der Waals surface area (Å²) in [7, 11) is 0. The van der Waals surface area contributed by atoms with E-state index in [2.05, 4.69) is 32.0 Å². The SMILES string of the molecule is CC(C)Oc1ccc2c(c1)CCC2. The lowest BCUT2D eigenvalue weighted by atomic mass is 10.1. The summed E-state index contributed by atoms with van der Waals surface area (Å²) in [6.45, 7) is 4.13. The summed E-state index contributed by atoms with van der Waals surface area (Å²) in [4.78, 5) is 0. The number of hydrogen-bond donors (Lipinski definition) is 0. The number of ether oxygens (including phenoxy) is 1. The molecule has 0 bridgehead atoms. The summed E-state index contributed by atoms with van der Waals surface area (Å²) >= 11 is 0. The van der Waals surface area contributed by atoms with E-state index in [0.717, 1.165) is 5.75 Å². The summed E-state index contributed by atoms with van der Waals surface area (Å²) in [5, 5.41) is 0. The minimum absolute atomic E-state index is 0.277. The first kappa shape index (κ1) is 8.61. The molecule has 0 fully saturated rings. The summed E-state index contributed by atoms with van der Waals surface area (Å²) in [6.07, 6.45) is 4.06. The van der Waals surface area contributed by atoms with Crippen LogP contribution in [0.1, 0.15) is 31.4 Å². The third kappa shape index (κ3) is 1.85. The first-order valence-electron chi connectivity index (χ1n) is 5.04. The van der Waals surface area contributed by atoms with E-state index in [4.69, 9.17) is 4.74 Å². The van der Waals surface area contributed by atoms with Crippen LogP contribution in [0.3, 0.4) is 0 Å². The van der Waals surface area contributed by atoms with Gasteiger partial charge in [0.15, 0.2) is 0 Å². The molecular formula is C12H16O. The molecule has 0 saturated carbocycles. The highest BCUT2D eigenvalue weighted by Gasteiger charge is 2.11. The van der Waals surface area contributed by atoms with Crippen molar-refractivity contribution in [1.29, 1.82) is 0 Å². The molecule has 0 atom stereocenters. The van der Waals surface area contributed by atoms with Crippen LogP contribution in [0, 0.1) is 0 Å². The molecular weight excluding hydrogens is 160 g/mol. The van der Waals surface area contributed by atoms with Crippen molar-refractivity contribution >= 4 is 0 Å². The summed E-state index contributed by atoms with van der Waals surface area (Å²) in [5.74, 6) is 1.02. The van der Waals surface area contributed by atoms with Crippen molar-refractivity contribution in [2.45, 2.75) is 39.2 Å². The summed E-state index contributed by atoms with van der Waals surface area (Å²) < 4.78 is 5.64. The van der Waals surface area contributed by atoms with Crippen LogP contribution in [0.15, 0.2) is 18.2 Å². The van der Waals surface area contributed by atoms with Crippen LogP contribution in [0.25, 0.3) is 0 Å². The zero-order valence-corrected chi connectivity index (χ0v) is 8.34. The monoisotopic (exact) mass is 176 g/mol. The minimum atomic E-state index is 0.277. The van der Waals surface area contributed by atoms with E-state index < -0.39 is 0 Å². The second-order valence-corrected chi connectivity index (χ2v) is 3.95. The van der Waals surface area contributed by atoms with Crippen molar-refractivity contribution in [2.75, 3.05) is 0 Å². The van der Waals surface area contributed by atoms with E-state index in [1.54, 1.807) is 0 Å². The standard InChI is InChI=1S/C12H16O/c1-9(2)13-12-7-6-10-4-3-5-11(10)8-12/h6-9H,3-5H2,1-2H3. The fourth-order valence-corrected chi connectivity index (χ4v) is 1.89. The van der Waals surface area contributed by atoms with Gasteiger partial charge in [-0.1, -0.05) is 6.07 Å².